The van der Waals surface area contributed by atoms with E-state index >= 15 is 0 Å². The van der Waals surface area contributed by atoms with E-state index in [0.717, 1.165) is 11.3 Å². The fourth-order valence-electron chi connectivity index (χ4n) is 2.32. The van der Waals surface area contributed by atoms with E-state index in [0.29, 0.717) is 0 Å². The molecular weight excluding hydrogens is 369 g/mol. The highest BCUT2D eigenvalue weighted by Gasteiger charge is 2.18. The molecule has 2 nitrogen and oxygen atoms in total. The van der Waals surface area contributed by atoms with Gasteiger partial charge in [0.2, 0.25) is 0 Å². The molecule has 0 saturated carbocycles. The normalized spacial score (nSPS) is 13.0. The Bertz CT molecular complexity index is 716. The van der Waals surface area contributed by atoms with Gasteiger partial charge in [0, 0.05) is 5.39 Å². The Morgan fingerprint density at radius 1 is 1.32 bits per heavy atom. The Balaban J connectivity index is 2.09. The van der Waals surface area contributed by atoms with Gasteiger partial charge >= 0.3 is 0 Å². The summed E-state index contributed by atoms with van der Waals surface area (Å²) in [5, 5.41) is 6.69. The van der Waals surface area contributed by atoms with Gasteiger partial charge in [-0.05, 0) is 65.2 Å². The van der Waals surface area contributed by atoms with Gasteiger partial charge in [0.1, 0.15) is 11.3 Å². The molecule has 1 N–H and O–H groups in total. The van der Waals surface area contributed by atoms with Crippen LogP contribution in [0.2, 0.25) is 0 Å². The Morgan fingerprint density at radius 2 is 2.16 bits per heavy atom. The Hall–Kier alpha value is -0.850. The van der Waals surface area contributed by atoms with Gasteiger partial charge in [0.05, 0.1) is 8.93 Å². The number of hydrogen-bond acceptors (Lipinski definition) is 3. The van der Waals surface area contributed by atoms with Crippen LogP contribution in [0.5, 0.6) is 0 Å². The van der Waals surface area contributed by atoms with Gasteiger partial charge in [0.15, 0.2) is 0 Å². The molecule has 1 unspecified atom stereocenters. The van der Waals surface area contributed by atoms with Gasteiger partial charge in [-0.2, -0.15) is 0 Å². The van der Waals surface area contributed by atoms with Crippen LogP contribution in [0.1, 0.15) is 22.9 Å². The van der Waals surface area contributed by atoms with Gasteiger partial charge in [0.25, 0.3) is 0 Å². The van der Waals surface area contributed by atoms with Gasteiger partial charge in [-0.25, -0.2) is 0 Å². The van der Waals surface area contributed by atoms with Crippen LogP contribution in [0.15, 0.2) is 40.1 Å². The van der Waals surface area contributed by atoms with E-state index in [2.05, 4.69) is 70.5 Å². The number of hydrogen-bond donors (Lipinski definition) is 1. The molecule has 0 spiro atoms. The Kier molecular flexibility index (Phi) is 3.64. The minimum Gasteiger partial charge on any atom is -0.459 e. The van der Waals surface area contributed by atoms with Crippen molar-refractivity contribution in [1.29, 1.82) is 0 Å². The van der Waals surface area contributed by atoms with E-state index < -0.39 is 0 Å². The fourth-order valence-corrected chi connectivity index (χ4v) is 3.72. The molecule has 0 bridgehead atoms. The number of rotatable bonds is 3. The quantitative estimate of drug-likeness (QED) is 0.663. The maximum atomic E-state index is 6.06. The highest BCUT2D eigenvalue weighted by Crippen LogP contribution is 2.31. The number of benzene rings is 1. The number of aryl methyl sites for hydroxylation is 1. The highest BCUT2D eigenvalue weighted by molar-refractivity contribution is 14.1. The Labute approximate surface area is 130 Å². The smallest absolute Gasteiger partial charge is 0.137 e. The van der Waals surface area contributed by atoms with Crippen LogP contribution in [-0.4, -0.2) is 7.05 Å². The summed E-state index contributed by atoms with van der Waals surface area (Å²) < 4.78 is 7.35. The minimum atomic E-state index is 0.117. The SMILES string of the molecule is CNC(c1csc(I)c1)c1cc2cccc(C)c2o1. The van der Waals surface area contributed by atoms with Crippen LogP contribution >= 0.6 is 33.9 Å². The summed E-state index contributed by atoms with van der Waals surface area (Å²) in [5.74, 6) is 0.973. The van der Waals surface area contributed by atoms with Gasteiger partial charge in [-0.3, -0.25) is 0 Å². The molecule has 3 aromatic rings. The molecule has 0 aliphatic heterocycles. The average Bonchev–Trinajstić information content (AvgIpc) is 2.98. The number of nitrogens with one attached hydrogen (secondary N) is 1. The fraction of sp³-hybridized carbons (Fsp3) is 0.200. The molecule has 3 rings (SSSR count). The van der Waals surface area contributed by atoms with Gasteiger partial charge < -0.3 is 9.73 Å². The molecule has 1 atom stereocenters. The summed E-state index contributed by atoms with van der Waals surface area (Å²) in [6.45, 7) is 2.08. The molecule has 0 aliphatic rings. The number of thiophene rings is 1. The first-order valence-corrected chi connectivity index (χ1v) is 8.05. The molecule has 19 heavy (non-hydrogen) atoms. The lowest BCUT2D eigenvalue weighted by atomic mass is 10.1. The van der Waals surface area contributed by atoms with E-state index in [1.165, 1.54) is 19.4 Å². The van der Waals surface area contributed by atoms with E-state index in [1.54, 1.807) is 11.3 Å². The number of para-hydroxylation sites is 1. The van der Waals surface area contributed by atoms with Crippen molar-refractivity contribution < 1.29 is 4.42 Å². The van der Waals surface area contributed by atoms with Crippen molar-refractivity contribution in [2.45, 2.75) is 13.0 Å². The van der Waals surface area contributed by atoms with Crippen molar-refractivity contribution in [3.05, 3.63) is 55.5 Å². The van der Waals surface area contributed by atoms with Crippen molar-refractivity contribution >= 4 is 44.9 Å². The lowest BCUT2D eigenvalue weighted by Crippen LogP contribution is -2.16. The molecule has 0 amide bonds. The first-order valence-electron chi connectivity index (χ1n) is 6.09. The summed E-state index contributed by atoms with van der Waals surface area (Å²) in [5.41, 5.74) is 3.43. The second kappa shape index (κ2) is 5.26. The van der Waals surface area contributed by atoms with Crippen LogP contribution in [0, 0.1) is 9.81 Å². The van der Waals surface area contributed by atoms with Crippen molar-refractivity contribution in [2.24, 2.45) is 0 Å². The molecule has 4 heteroatoms. The number of halogens is 1. The zero-order valence-electron chi connectivity index (χ0n) is 10.7. The molecule has 2 heterocycles. The van der Waals surface area contributed by atoms with E-state index in [9.17, 15) is 0 Å². The van der Waals surface area contributed by atoms with Gasteiger partial charge in [-0.1, -0.05) is 18.2 Å². The standard InChI is InChI=1S/C15H14INOS/c1-9-4-3-5-10-6-12(18-15(9)10)14(17-2)11-7-13(16)19-8-11/h3-8,14,17H,1-2H3. The lowest BCUT2D eigenvalue weighted by molar-refractivity contribution is 0.491. The second-order valence-corrected chi connectivity index (χ2v) is 7.35. The molecule has 2 aromatic heterocycles. The molecule has 0 fully saturated rings. The van der Waals surface area contributed by atoms with E-state index in [1.807, 2.05) is 7.05 Å². The van der Waals surface area contributed by atoms with E-state index in [4.69, 9.17) is 4.42 Å². The monoisotopic (exact) mass is 383 g/mol. The third-order valence-corrected chi connectivity index (χ3v) is 5.06. The minimum absolute atomic E-state index is 0.117. The summed E-state index contributed by atoms with van der Waals surface area (Å²) in [6.07, 6.45) is 0. The van der Waals surface area contributed by atoms with Crippen LogP contribution in [0.25, 0.3) is 11.0 Å². The summed E-state index contributed by atoms with van der Waals surface area (Å²) in [4.78, 5) is 0. The molecule has 98 valence electrons. The van der Waals surface area contributed by atoms with Crippen LogP contribution in [0.4, 0.5) is 0 Å². The average molecular weight is 383 g/mol. The van der Waals surface area contributed by atoms with Crippen molar-refractivity contribution in [3.8, 4) is 0 Å². The van der Waals surface area contributed by atoms with Gasteiger partial charge in [-0.15, -0.1) is 11.3 Å². The topological polar surface area (TPSA) is 25.2 Å². The predicted octanol–water partition coefficient (Wildman–Crippen LogP) is 4.72. The largest absolute Gasteiger partial charge is 0.459 e. The molecular formula is C15H14INOS. The van der Waals surface area contributed by atoms with E-state index in [-0.39, 0.29) is 6.04 Å². The second-order valence-electron chi connectivity index (χ2n) is 4.55. The highest BCUT2D eigenvalue weighted by atomic mass is 127. The third kappa shape index (κ3) is 2.44. The molecule has 0 saturated heterocycles. The van der Waals surface area contributed by atoms with Crippen molar-refractivity contribution in [3.63, 3.8) is 0 Å². The van der Waals surface area contributed by atoms with Crippen LogP contribution in [0.3, 0.4) is 0 Å². The third-order valence-electron chi connectivity index (χ3n) is 3.25. The van der Waals surface area contributed by atoms with Crippen molar-refractivity contribution in [1.82, 2.24) is 5.32 Å². The summed E-state index contributed by atoms with van der Waals surface area (Å²) >= 11 is 4.11. The Morgan fingerprint density at radius 3 is 2.79 bits per heavy atom. The zero-order chi connectivity index (χ0) is 13.4. The first-order chi connectivity index (χ1) is 9.19. The number of fused-ring (bicyclic) bond motifs is 1. The number of furan rings is 1. The van der Waals surface area contributed by atoms with Crippen molar-refractivity contribution in [2.75, 3.05) is 7.05 Å². The van der Waals surface area contributed by atoms with Crippen LogP contribution in [-0.2, 0) is 0 Å². The summed E-state index contributed by atoms with van der Waals surface area (Å²) in [7, 11) is 1.97. The zero-order valence-corrected chi connectivity index (χ0v) is 13.7. The maximum absolute atomic E-state index is 6.06. The predicted molar refractivity (Wildman–Crippen MR) is 88.9 cm³/mol. The molecule has 0 radical (unpaired) electrons. The maximum Gasteiger partial charge on any atom is 0.137 e. The van der Waals surface area contributed by atoms with Crippen LogP contribution < -0.4 is 5.32 Å². The molecule has 1 aromatic carbocycles. The molecule has 0 aliphatic carbocycles. The lowest BCUT2D eigenvalue weighted by Gasteiger charge is -2.11. The summed E-state index contributed by atoms with van der Waals surface area (Å²) in [6, 6.07) is 10.7. The first kappa shape index (κ1) is 13.1.